The van der Waals surface area contributed by atoms with Gasteiger partial charge in [0, 0.05) is 24.3 Å². The molecule has 4 atom stereocenters. The van der Waals surface area contributed by atoms with Crippen LogP contribution in [0.4, 0.5) is 0 Å². The zero-order valence-corrected chi connectivity index (χ0v) is 12.1. The van der Waals surface area contributed by atoms with Crippen molar-refractivity contribution in [1.82, 2.24) is 10.2 Å². The van der Waals surface area contributed by atoms with Gasteiger partial charge in [-0.3, -0.25) is 4.90 Å². The summed E-state index contributed by atoms with van der Waals surface area (Å²) in [5, 5.41) is 14.4. The fraction of sp³-hybridized carbons (Fsp3) is 0.750. The molecule has 19 heavy (non-hydrogen) atoms. The molecule has 106 valence electrons. The Labute approximate surface area is 116 Å². The van der Waals surface area contributed by atoms with Gasteiger partial charge < -0.3 is 10.4 Å². The van der Waals surface area contributed by atoms with Crippen molar-refractivity contribution in [3.8, 4) is 0 Å². The summed E-state index contributed by atoms with van der Waals surface area (Å²) in [6.07, 6.45) is 9.98. The number of hydrogen-bond acceptors (Lipinski definition) is 3. The number of allylic oxidation sites excluding steroid dienone is 2. The van der Waals surface area contributed by atoms with E-state index in [1.807, 2.05) is 0 Å². The number of nitrogens with one attached hydrogen (secondary N) is 1. The lowest BCUT2D eigenvalue weighted by atomic mass is 9.90. The molecule has 0 radical (unpaired) electrons. The van der Waals surface area contributed by atoms with Gasteiger partial charge in [0.1, 0.15) is 6.23 Å². The van der Waals surface area contributed by atoms with Gasteiger partial charge in [-0.15, -0.1) is 0 Å². The molecule has 3 aliphatic rings. The molecule has 2 N–H and O–H groups in total. The second-order valence-electron chi connectivity index (χ2n) is 6.23. The van der Waals surface area contributed by atoms with Gasteiger partial charge >= 0.3 is 0 Å². The van der Waals surface area contributed by atoms with Gasteiger partial charge in [-0.2, -0.15) is 0 Å². The van der Waals surface area contributed by atoms with E-state index in [4.69, 9.17) is 0 Å². The topological polar surface area (TPSA) is 35.5 Å². The fourth-order valence-electron chi connectivity index (χ4n) is 4.11. The van der Waals surface area contributed by atoms with E-state index in [1.165, 1.54) is 24.1 Å². The van der Waals surface area contributed by atoms with Crippen molar-refractivity contribution in [1.29, 1.82) is 0 Å². The predicted octanol–water partition coefficient (Wildman–Crippen LogP) is 2.39. The van der Waals surface area contributed by atoms with Gasteiger partial charge in [0.25, 0.3) is 0 Å². The summed E-state index contributed by atoms with van der Waals surface area (Å²) in [5.41, 5.74) is 2.41. The summed E-state index contributed by atoms with van der Waals surface area (Å²) < 4.78 is 0. The summed E-state index contributed by atoms with van der Waals surface area (Å²) in [7, 11) is 0. The molecule has 1 fully saturated rings. The number of hydrogen-bond donors (Lipinski definition) is 2. The lowest BCUT2D eigenvalue weighted by molar-refractivity contribution is -0.00740. The third-order valence-electron chi connectivity index (χ3n) is 5.05. The molecule has 0 aromatic heterocycles. The number of aliphatic hydroxyl groups is 1. The third-order valence-corrected chi connectivity index (χ3v) is 5.05. The van der Waals surface area contributed by atoms with Gasteiger partial charge in [-0.25, -0.2) is 0 Å². The van der Waals surface area contributed by atoms with E-state index in [-0.39, 0.29) is 6.23 Å². The molecule has 1 saturated heterocycles. The van der Waals surface area contributed by atoms with Crippen LogP contribution in [0.2, 0.25) is 0 Å². The molecular formula is C16H26N2O. The lowest BCUT2D eigenvalue weighted by Crippen LogP contribution is -2.47. The number of aliphatic hydroxyl groups excluding tert-OH is 1. The summed E-state index contributed by atoms with van der Waals surface area (Å²) in [4.78, 5) is 2.41. The molecule has 0 aromatic rings. The standard InChI is InChI=1S/C16H26N2O/c1-3-6-14-11(2)17-10-13-9-12-7-4-5-8-15(12)18(13)16(14)19/h4,7,12-13,15-17,19H,3,5-6,8-10H2,1-2H3/t12-,13-,15?,16?/m0/s1. The van der Waals surface area contributed by atoms with Crippen molar-refractivity contribution in [3.05, 3.63) is 23.4 Å². The quantitative estimate of drug-likeness (QED) is 0.750. The van der Waals surface area contributed by atoms with Crippen molar-refractivity contribution in [2.75, 3.05) is 6.54 Å². The fourth-order valence-corrected chi connectivity index (χ4v) is 4.11. The smallest absolute Gasteiger partial charge is 0.132 e. The van der Waals surface area contributed by atoms with Crippen LogP contribution < -0.4 is 5.32 Å². The Morgan fingerprint density at radius 1 is 1.47 bits per heavy atom. The Hall–Kier alpha value is -0.800. The molecule has 2 aliphatic heterocycles. The van der Waals surface area contributed by atoms with Crippen LogP contribution in [0.15, 0.2) is 23.4 Å². The van der Waals surface area contributed by atoms with Crippen LogP contribution in [0, 0.1) is 5.92 Å². The van der Waals surface area contributed by atoms with Crippen molar-refractivity contribution >= 4 is 0 Å². The first-order chi connectivity index (χ1) is 9.22. The summed E-state index contributed by atoms with van der Waals surface area (Å²) in [6.45, 7) is 5.29. The summed E-state index contributed by atoms with van der Waals surface area (Å²) in [5.74, 6) is 0.650. The minimum absolute atomic E-state index is 0.374. The molecule has 1 aliphatic carbocycles. The van der Waals surface area contributed by atoms with Crippen molar-refractivity contribution in [2.24, 2.45) is 5.92 Å². The highest BCUT2D eigenvalue weighted by atomic mass is 16.3. The Balaban J connectivity index is 1.88. The maximum absolute atomic E-state index is 10.9. The molecule has 3 nitrogen and oxygen atoms in total. The van der Waals surface area contributed by atoms with Gasteiger partial charge in [-0.05, 0) is 44.1 Å². The van der Waals surface area contributed by atoms with Crippen LogP contribution in [-0.2, 0) is 0 Å². The Bertz CT molecular complexity index is 402. The third kappa shape index (κ3) is 2.23. The van der Waals surface area contributed by atoms with Gasteiger partial charge in [0.15, 0.2) is 0 Å². The largest absolute Gasteiger partial charge is 0.387 e. The van der Waals surface area contributed by atoms with Crippen molar-refractivity contribution in [3.63, 3.8) is 0 Å². The highest BCUT2D eigenvalue weighted by Crippen LogP contribution is 2.40. The first-order valence-corrected chi connectivity index (χ1v) is 7.78. The monoisotopic (exact) mass is 262 g/mol. The van der Waals surface area contributed by atoms with Crippen LogP contribution in [-0.4, -0.2) is 34.9 Å². The zero-order valence-electron chi connectivity index (χ0n) is 12.1. The summed E-state index contributed by atoms with van der Waals surface area (Å²) in [6, 6.07) is 1.03. The molecule has 2 heterocycles. The predicted molar refractivity (Wildman–Crippen MR) is 77.5 cm³/mol. The van der Waals surface area contributed by atoms with Gasteiger partial charge in [0.2, 0.25) is 0 Å². The molecule has 0 saturated carbocycles. The zero-order chi connectivity index (χ0) is 13.4. The number of rotatable bonds is 2. The highest BCUT2D eigenvalue weighted by Gasteiger charge is 2.45. The van der Waals surface area contributed by atoms with E-state index in [1.54, 1.807) is 0 Å². The van der Waals surface area contributed by atoms with Crippen LogP contribution in [0.5, 0.6) is 0 Å². The molecule has 0 aromatic carbocycles. The first-order valence-electron chi connectivity index (χ1n) is 7.78. The van der Waals surface area contributed by atoms with E-state index in [2.05, 4.69) is 36.2 Å². The SMILES string of the molecule is CCCC1=C(C)NC[C@@H]2C[C@@H]3C=CCCC3N2C1O. The number of nitrogens with zero attached hydrogens (tertiary/aromatic N) is 1. The summed E-state index contributed by atoms with van der Waals surface area (Å²) >= 11 is 0. The van der Waals surface area contributed by atoms with Crippen molar-refractivity contribution < 1.29 is 5.11 Å². The van der Waals surface area contributed by atoms with E-state index in [9.17, 15) is 5.11 Å². The molecule has 0 spiro atoms. The van der Waals surface area contributed by atoms with Gasteiger partial charge in [0.05, 0.1) is 0 Å². The molecule has 2 unspecified atom stereocenters. The minimum Gasteiger partial charge on any atom is -0.387 e. The molecule has 0 bridgehead atoms. The maximum atomic E-state index is 10.9. The number of fused-ring (bicyclic) bond motifs is 3. The lowest BCUT2D eigenvalue weighted by Gasteiger charge is -2.35. The molecule has 3 rings (SSSR count). The van der Waals surface area contributed by atoms with E-state index >= 15 is 0 Å². The normalized spacial score (nSPS) is 38.7. The minimum atomic E-state index is -0.374. The van der Waals surface area contributed by atoms with E-state index in [0.717, 1.165) is 25.8 Å². The van der Waals surface area contributed by atoms with E-state index < -0.39 is 0 Å². The molecule has 0 amide bonds. The maximum Gasteiger partial charge on any atom is 0.132 e. The van der Waals surface area contributed by atoms with Crippen LogP contribution >= 0.6 is 0 Å². The Morgan fingerprint density at radius 3 is 3.11 bits per heavy atom. The van der Waals surface area contributed by atoms with Crippen molar-refractivity contribution in [2.45, 2.75) is 64.3 Å². The Kier molecular flexibility index (Phi) is 3.68. The Morgan fingerprint density at radius 2 is 2.32 bits per heavy atom. The van der Waals surface area contributed by atoms with E-state index in [0.29, 0.717) is 18.0 Å². The highest BCUT2D eigenvalue weighted by molar-refractivity contribution is 5.21. The second kappa shape index (κ2) is 5.29. The first kappa shape index (κ1) is 13.2. The van der Waals surface area contributed by atoms with Crippen LogP contribution in [0.3, 0.4) is 0 Å². The second-order valence-corrected chi connectivity index (χ2v) is 6.23. The molecule has 3 heteroatoms. The van der Waals surface area contributed by atoms with Crippen LogP contribution in [0.25, 0.3) is 0 Å². The van der Waals surface area contributed by atoms with Gasteiger partial charge in [-0.1, -0.05) is 25.5 Å². The molecular weight excluding hydrogens is 236 g/mol. The van der Waals surface area contributed by atoms with Crippen LogP contribution in [0.1, 0.15) is 46.0 Å². The average Bonchev–Trinajstić information content (AvgIpc) is 2.74. The average molecular weight is 262 g/mol.